The number of hydrogen-bond acceptors (Lipinski definition) is 5. The predicted octanol–water partition coefficient (Wildman–Crippen LogP) is 4.84. The number of methoxy groups -OCH3 is 1. The molecule has 0 saturated carbocycles. The van der Waals surface area contributed by atoms with Crippen molar-refractivity contribution in [2.24, 2.45) is 0 Å². The van der Waals surface area contributed by atoms with Gasteiger partial charge in [-0.2, -0.15) is 5.26 Å². The van der Waals surface area contributed by atoms with E-state index < -0.39 is 17.7 Å². The second kappa shape index (κ2) is 9.07. The van der Waals surface area contributed by atoms with E-state index in [1.807, 2.05) is 0 Å². The van der Waals surface area contributed by atoms with Crippen molar-refractivity contribution in [1.29, 1.82) is 5.26 Å². The smallest absolute Gasteiger partial charge is 0.263 e. The lowest BCUT2D eigenvalue weighted by atomic mass is 10.0. The molecule has 1 N–H and O–H groups in total. The molecule has 0 bridgehead atoms. The number of carbonyl (C=O) groups is 1. The monoisotopic (exact) mass is 454 g/mol. The van der Waals surface area contributed by atoms with E-state index in [0.29, 0.717) is 52.4 Å². The minimum absolute atomic E-state index is 0.0794. The van der Waals surface area contributed by atoms with Gasteiger partial charge in [0, 0.05) is 23.5 Å². The Labute approximate surface area is 188 Å². The van der Waals surface area contributed by atoms with Crippen molar-refractivity contribution in [1.82, 2.24) is 4.90 Å². The number of rotatable bonds is 4. The molecule has 1 fully saturated rings. The maximum absolute atomic E-state index is 14.4. The third-order valence-corrected chi connectivity index (χ3v) is 6.68. The number of amides is 1. The first kappa shape index (κ1) is 21.9. The number of halogens is 2. The maximum atomic E-state index is 14.4. The normalized spacial score (nSPS) is 14.3. The Balaban J connectivity index is 1.80. The average molecular weight is 454 g/mol. The molecule has 0 spiro atoms. The van der Waals surface area contributed by atoms with E-state index in [1.54, 1.807) is 29.2 Å². The summed E-state index contributed by atoms with van der Waals surface area (Å²) in [5, 5.41) is 18.7. The molecule has 1 amide bonds. The molecule has 1 aliphatic heterocycles. The first-order valence-electron chi connectivity index (χ1n) is 10.1. The first-order valence-corrected chi connectivity index (χ1v) is 10.9. The minimum Gasteiger partial charge on any atom is -0.494 e. The summed E-state index contributed by atoms with van der Waals surface area (Å²) < 4.78 is 33.7. The van der Waals surface area contributed by atoms with Crippen LogP contribution in [-0.4, -0.2) is 42.2 Å². The zero-order valence-electron chi connectivity index (χ0n) is 17.3. The Kier molecular flexibility index (Phi) is 6.21. The van der Waals surface area contributed by atoms with Gasteiger partial charge in [0.15, 0.2) is 11.6 Å². The van der Waals surface area contributed by atoms with Gasteiger partial charge in [-0.25, -0.2) is 8.78 Å². The SMILES string of the molecule is COc1ccc(-c2sc(C(=O)N3CCC(O)CC3)cc2-c2ccc(C#N)c(F)c2)cc1F. The standard InChI is InChI=1S/C24H20F2N2O3S/c1-31-21-5-4-15(11-20(21)26)23-18(14-2-3-16(13-27)19(25)10-14)12-22(32-23)24(30)28-8-6-17(29)7-9-28/h2-5,10-12,17,29H,6-9H2,1H3. The highest BCUT2D eigenvalue weighted by Crippen LogP contribution is 2.41. The number of carbonyl (C=O) groups excluding carboxylic acids is 1. The van der Waals surface area contributed by atoms with Crippen LogP contribution in [0.3, 0.4) is 0 Å². The van der Waals surface area contributed by atoms with Crippen molar-refractivity contribution in [3.63, 3.8) is 0 Å². The van der Waals surface area contributed by atoms with E-state index in [2.05, 4.69) is 0 Å². The van der Waals surface area contributed by atoms with Gasteiger partial charge in [-0.1, -0.05) is 6.07 Å². The summed E-state index contributed by atoms with van der Waals surface area (Å²) in [5.74, 6) is -1.30. The second-order valence-electron chi connectivity index (χ2n) is 7.53. The summed E-state index contributed by atoms with van der Waals surface area (Å²) in [6.07, 6.45) is 0.625. The van der Waals surface area contributed by atoms with Crippen molar-refractivity contribution in [3.05, 3.63) is 64.5 Å². The highest BCUT2D eigenvalue weighted by molar-refractivity contribution is 7.18. The van der Waals surface area contributed by atoms with E-state index in [0.717, 1.165) is 0 Å². The van der Waals surface area contributed by atoms with Crippen LogP contribution in [0.25, 0.3) is 21.6 Å². The van der Waals surface area contributed by atoms with Gasteiger partial charge in [-0.15, -0.1) is 11.3 Å². The number of likely N-dealkylation sites (tertiary alicyclic amines) is 1. The molecule has 3 aromatic rings. The number of thiophene rings is 1. The fourth-order valence-corrected chi connectivity index (χ4v) is 4.88. The molecular weight excluding hydrogens is 434 g/mol. The van der Waals surface area contributed by atoms with Gasteiger partial charge in [0.2, 0.25) is 0 Å². The third kappa shape index (κ3) is 4.22. The molecule has 8 heteroatoms. The predicted molar refractivity (Wildman–Crippen MR) is 118 cm³/mol. The largest absolute Gasteiger partial charge is 0.494 e. The topological polar surface area (TPSA) is 73.6 Å². The zero-order chi connectivity index (χ0) is 22.8. The Morgan fingerprint density at radius 3 is 2.44 bits per heavy atom. The van der Waals surface area contributed by atoms with E-state index in [-0.39, 0.29) is 17.2 Å². The Hall–Kier alpha value is -3.28. The van der Waals surface area contributed by atoms with Crippen LogP contribution < -0.4 is 4.74 Å². The van der Waals surface area contributed by atoms with Crippen molar-refractivity contribution >= 4 is 17.2 Å². The number of ether oxygens (including phenoxy) is 1. The van der Waals surface area contributed by atoms with E-state index in [1.165, 1.54) is 42.7 Å². The Bertz CT molecular complexity index is 1210. The van der Waals surface area contributed by atoms with E-state index in [4.69, 9.17) is 10.00 Å². The summed E-state index contributed by atoms with van der Waals surface area (Å²) >= 11 is 1.20. The van der Waals surface area contributed by atoms with Gasteiger partial charge in [0.1, 0.15) is 11.9 Å². The number of piperidine rings is 1. The van der Waals surface area contributed by atoms with Crippen molar-refractivity contribution in [2.75, 3.05) is 20.2 Å². The molecule has 1 aromatic heterocycles. The van der Waals surface area contributed by atoms with Crippen LogP contribution in [0.15, 0.2) is 42.5 Å². The lowest BCUT2D eigenvalue weighted by molar-refractivity contribution is 0.0550. The van der Waals surface area contributed by atoms with E-state index >= 15 is 0 Å². The molecule has 1 aliphatic rings. The number of benzene rings is 2. The molecule has 4 rings (SSSR count). The molecule has 0 aliphatic carbocycles. The van der Waals surface area contributed by atoms with Crippen LogP contribution in [0.5, 0.6) is 5.75 Å². The van der Waals surface area contributed by atoms with Crippen molar-refractivity contribution < 1.29 is 23.4 Å². The number of aliphatic hydroxyl groups is 1. The molecule has 5 nitrogen and oxygen atoms in total. The zero-order valence-corrected chi connectivity index (χ0v) is 18.1. The number of aliphatic hydroxyl groups excluding tert-OH is 1. The summed E-state index contributed by atoms with van der Waals surface area (Å²) in [6.45, 7) is 0.899. The van der Waals surface area contributed by atoms with Gasteiger partial charge in [-0.05, 0) is 60.4 Å². The molecule has 0 unspecified atom stereocenters. The van der Waals surface area contributed by atoms with E-state index in [9.17, 15) is 18.7 Å². The lowest BCUT2D eigenvalue weighted by Crippen LogP contribution is -2.39. The van der Waals surface area contributed by atoms with Crippen LogP contribution in [-0.2, 0) is 0 Å². The minimum atomic E-state index is -0.666. The molecule has 2 heterocycles. The number of nitriles is 1. The Morgan fingerprint density at radius 2 is 1.81 bits per heavy atom. The van der Waals surface area contributed by atoms with Gasteiger partial charge >= 0.3 is 0 Å². The molecule has 2 aromatic carbocycles. The summed E-state index contributed by atoms with van der Waals surface area (Å²) in [4.78, 5) is 15.8. The Morgan fingerprint density at radius 1 is 1.12 bits per heavy atom. The van der Waals surface area contributed by atoms with Crippen molar-refractivity contribution in [2.45, 2.75) is 18.9 Å². The van der Waals surface area contributed by atoms with Gasteiger partial charge in [0.05, 0.1) is 23.7 Å². The molecule has 1 saturated heterocycles. The van der Waals surface area contributed by atoms with Gasteiger partial charge < -0.3 is 14.7 Å². The fraction of sp³-hybridized carbons (Fsp3) is 0.250. The van der Waals surface area contributed by atoms with Gasteiger partial charge in [0.25, 0.3) is 5.91 Å². The van der Waals surface area contributed by atoms with Crippen LogP contribution >= 0.6 is 11.3 Å². The highest BCUT2D eigenvalue weighted by Gasteiger charge is 2.26. The van der Waals surface area contributed by atoms with Crippen LogP contribution in [0, 0.1) is 23.0 Å². The molecule has 0 radical (unpaired) electrons. The molecule has 32 heavy (non-hydrogen) atoms. The number of hydrogen-bond donors (Lipinski definition) is 1. The summed E-state index contributed by atoms with van der Waals surface area (Å²) in [5.41, 5.74) is 1.51. The van der Waals surface area contributed by atoms with Gasteiger partial charge in [-0.3, -0.25) is 4.79 Å². The molecular formula is C24H20F2N2O3S. The van der Waals surface area contributed by atoms with Crippen LogP contribution in [0.1, 0.15) is 28.1 Å². The molecule has 164 valence electrons. The van der Waals surface area contributed by atoms with Crippen molar-refractivity contribution in [3.8, 4) is 33.4 Å². The quantitative estimate of drug-likeness (QED) is 0.612. The average Bonchev–Trinajstić information content (AvgIpc) is 3.24. The molecule has 0 atom stereocenters. The highest BCUT2D eigenvalue weighted by atomic mass is 32.1. The first-order chi connectivity index (χ1) is 15.4. The summed E-state index contributed by atoms with van der Waals surface area (Å²) in [6, 6.07) is 12.2. The number of nitrogens with zero attached hydrogens (tertiary/aromatic N) is 2. The fourth-order valence-electron chi connectivity index (χ4n) is 3.73. The summed E-state index contributed by atoms with van der Waals surface area (Å²) in [7, 11) is 1.38. The third-order valence-electron chi connectivity index (χ3n) is 5.51. The van der Waals surface area contributed by atoms with Crippen LogP contribution in [0.2, 0.25) is 0 Å². The maximum Gasteiger partial charge on any atom is 0.263 e. The lowest BCUT2D eigenvalue weighted by Gasteiger charge is -2.29. The second-order valence-corrected chi connectivity index (χ2v) is 8.58. The van der Waals surface area contributed by atoms with Crippen LogP contribution in [0.4, 0.5) is 8.78 Å².